The summed E-state index contributed by atoms with van der Waals surface area (Å²) >= 11 is 0. The monoisotopic (exact) mass is 270 g/mol. The van der Waals surface area contributed by atoms with Crippen LogP contribution in [0.3, 0.4) is 0 Å². The minimum atomic E-state index is -0.891. The number of hydrogen-bond donors (Lipinski definition) is 1. The fourth-order valence-corrected chi connectivity index (χ4v) is 2.14. The Morgan fingerprint density at radius 3 is 2.89 bits per heavy atom. The first-order chi connectivity index (χ1) is 9.04. The minimum absolute atomic E-state index is 0.0908. The van der Waals surface area contributed by atoms with Crippen molar-refractivity contribution in [1.29, 1.82) is 0 Å². The van der Waals surface area contributed by atoms with Gasteiger partial charge in [-0.2, -0.15) is 0 Å². The highest BCUT2D eigenvalue weighted by atomic mass is 19.1. The van der Waals surface area contributed by atoms with Gasteiger partial charge in [-0.1, -0.05) is 6.92 Å². The molecule has 1 atom stereocenters. The van der Waals surface area contributed by atoms with Crippen molar-refractivity contribution in [2.24, 2.45) is 0 Å². The van der Waals surface area contributed by atoms with Gasteiger partial charge in [0.1, 0.15) is 11.6 Å². The fraction of sp³-hybridized carbons (Fsp3) is 0.462. The fourth-order valence-electron chi connectivity index (χ4n) is 2.14. The maximum absolute atomic E-state index is 13.7. The first-order valence-electron chi connectivity index (χ1n) is 6.17. The summed E-state index contributed by atoms with van der Waals surface area (Å²) < 4.78 is 32.1. The molecule has 1 saturated heterocycles. The van der Waals surface area contributed by atoms with E-state index in [4.69, 9.17) is 10.5 Å². The molecule has 104 valence electrons. The Bertz CT molecular complexity index is 494. The van der Waals surface area contributed by atoms with Crippen LogP contribution in [-0.4, -0.2) is 36.6 Å². The van der Waals surface area contributed by atoms with Crippen molar-refractivity contribution in [3.8, 4) is 0 Å². The van der Waals surface area contributed by atoms with Gasteiger partial charge in [0, 0.05) is 12.6 Å². The number of morpholine rings is 1. The van der Waals surface area contributed by atoms with E-state index in [1.807, 2.05) is 6.92 Å². The first kappa shape index (κ1) is 13.7. The topological polar surface area (TPSA) is 55.6 Å². The standard InChI is InChI=1S/C13H16F2N2O2/c1-2-8-7-19-4-3-17(8)13(18)9-5-12(16)11(15)6-10(9)14/h5-6,8H,2-4,7,16H2,1H3. The number of ether oxygens (including phenoxy) is 1. The lowest BCUT2D eigenvalue weighted by Gasteiger charge is -2.35. The van der Waals surface area contributed by atoms with E-state index in [9.17, 15) is 13.6 Å². The normalized spacial score (nSPS) is 19.5. The van der Waals surface area contributed by atoms with Crippen LogP contribution in [-0.2, 0) is 4.74 Å². The van der Waals surface area contributed by atoms with Crippen molar-refractivity contribution in [2.75, 3.05) is 25.5 Å². The molecule has 0 spiro atoms. The van der Waals surface area contributed by atoms with Gasteiger partial charge in [0.2, 0.25) is 0 Å². The van der Waals surface area contributed by atoms with E-state index < -0.39 is 17.5 Å². The van der Waals surface area contributed by atoms with Gasteiger partial charge in [-0.15, -0.1) is 0 Å². The Hall–Kier alpha value is -1.69. The van der Waals surface area contributed by atoms with Gasteiger partial charge in [-0.25, -0.2) is 8.78 Å². The minimum Gasteiger partial charge on any atom is -0.396 e. The van der Waals surface area contributed by atoms with E-state index in [-0.39, 0.29) is 17.3 Å². The van der Waals surface area contributed by atoms with Crippen molar-refractivity contribution in [3.63, 3.8) is 0 Å². The molecular weight excluding hydrogens is 254 g/mol. The Labute approximate surface area is 110 Å². The molecule has 1 fully saturated rings. The van der Waals surface area contributed by atoms with Gasteiger partial charge in [0.25, 0.3) is 5.91 Å². The number of benzene rings is 1. The van der Waals surface area contributed by atoms with Crippen LogP contribution in [0, 0.1) is 11.6 Å². The summed E-state index contributed by atoms with van der Waals surface area (Å²) in [5.74, 6) is -2.22. The van der Waals surface area contributed by atoms with Gasteiger partial charge < -0.3 is 15.4 Å². The maximum Gasteiger partial charge on any atom is 0.257 e. The third kappa shape index (κ3) is 2.68. The van der Waals surface area contributed by atoms with Gasteiger partial charge in [-0.3, -0.25) is 4.79 Å². The lowest BCUT2D eigenvalue weighted by molar-refractivity contribution is -0.00303. The predicted molar refractivity (Wildman–Crippen MR) is 66.7 cm³/mol. The van der Waals surface area contributed by atoms with Crippen LogP contribution in [0.4, 0.5) is 14.5 Å². The zero-order valence-corrected chi connectivity index (χ0v) is 10.7. The molecular formula is C13H16F2N2O2. The van der Waals surface area contributed by atoms with E-state index in [0.29, 0.717) is 32.2 Å². The second-order valence-corrected chi connectivity index (χ2v) is 4.49. The first-order valence-corrected chi connectivity index (χ1v) is 6.17. The molecule has 0 aliphatic carbocycles. The number of nitrogens with zero attached hydrogens (tertiary/aromatic N) is 1. The summed E-state index contributed by atoms with van der Waals surface area (Å²) in [6.07, 6.45) is 0.712. The zero-order chi connectivity index (χ0) is 14.0. The summed E-state index contributed by atoms with van der Waals surface area (Å²) in [6.45, 7) is 3.17. The lowest BCUT2D eigenvalue weighted by atomic mass is 10.1. The molecule has 2 N–H and O–H groups in total. The highest BCUT2D eigenvalue weighted by molar-refractivity contribution is 5.95. The molecule has 1 heterocycles. The average Bonchev–Trinajstić information content (AvgIpc) is 2.42. The largest absolute Gasteiger partial charge is 0.396 e. The van der Waals surface area contributed by atoms with Gasteiger partial charge in [0.15, 0.2) is 0 Å². The van der Waals surface area contributed by atoms with Crippen LogP contribution < -0.4 is 5.73 Å². The summed E-state index contributed by atoms with van der Waals surface area (Å²) in [7, 11) is 0. The van der Waals surface area contributed by atoms with E-state index in [1.54, 1.807) is 4.90 Å². The van der Waals surface area contributed by atoms with E-state index in [0.717, 1.165) is 6.07 Å². The maximum atomic E-state index is 13.7. The summed E-state index contributed by atoms with van der Waals surface area (Å²) in [5, 5.41) is 0. The molecule has 1 aliphatic rings. The number of nitrogen functional groups attached to an aromatic ring is 1. The van der Waals surface area contributed by atoms with Crippen LogP contribution in [0.15, 0.2) is 12.1 Å². The molecule has 4 nitrogen and oxygen atoms in total. The highest BCUT2D eigenvalue weighted by Gasteiger charge is 2.28. The van der Waals surface area contributed by atoms with E-state index in [1.165, 1.54) is 0 Å². The summed E-state index contributed by atoms with van der Waals surface area (Å²) in [6, 6.07) is 1.60. The number of rotatable bonds is 2. The lowest BCUT2D eigenvalue weighted by Crippen LogP contribution is -2.48. The Morgan fingerprint density at radius 2 is 2.21 bits per heavy atom. The third-order valence-corrected chi connectivity index (χ3v) is 3.28. The number of carbonyl (C=O) groups is 1. The summed E-state index contributed by atoms with van der Waals surface area (Å²) in [5.41, 5.74) is 4.96. The number of amides is 1. The Balaban J connectivity index is 2.30. The molecule has 0 aromatic heterocycles. The SMILES string of the molecule is CCC1COCCN1C(=O)c1cc(N)c(F)cc1F. The number of carbonyl (C=O) groups excluding carboxylic acids is 1. The number of hydrogen-bond acceptors (Lipinski definition) is 3. The van der Waals surface area contributed by atoms with Crippen LogP contribution in [0.5, 0.6) is 0 Å². The molecule has 0 bridgehead atoms. The molecule has 19 heavy (non-hydrogen) atoms. The molecule has 0 radical (unpaired) electrons. The number of anilines is 1. The zero-order valence-electron chi connectivity index (χ0n) is 10.7. The molecule has 1 unspecified atom stereocenters. The van der Waals surface area contributed by atoms with E-state index >= 15 is 0 Å². The van der Waals surface area contributed by atoms with Crippen molar-refractivity contribution >= 4 is 11.6 Å². The Morgan fingerprint density at radius 1 is 1.47 bits per heavy atom. The average molecular weight is 270 g/mol. The van der Waals surface area contributed by atoms with Crippen LogP contribution >= 0.6 is 0 Å². The molecule has 2 rings (SSSR count). The quantitative estimate of drug-likeness (QED) is 0.834. The van der Waals surface area contributed by atoms with Crippen LogP contribution in [0.2, 0.25) is 0 Å². The highest BCUT2D eigenvalue weighted by Crippen LogP contribution is 2.21. The van der Waals surface area contributed by atoms with E-state index in [2.05, 4.69) is 0 Å². The van der Waals surface area contributed by atoms with Gasteiger partial charge in [-0.05, 0) is 12.5 Å². The van der Waals surface area contributed by atoms with Crippen molar-refractivity contribution in [3.05, 3.63) is 29.3 Å². The molecule has 1 aromatic carbocycles. The van der Waals surface area contributed by atoms with Crippen LogP contribution in [0.1, 0.15) is 23.7 Å². The number of nitrogens with two attached hydrogens (primary N) is 1. The predicted octanol–water partition coefficient (Wildman–Crippen LogP) is 1.80. The number of halogens is 2. The smallest absolute Gasteiger partial charge is 0.257 e. The Kier molecular flexibility index (Phi) is 3.99. The second kappa shape index (κ2) is 5.52. The molecule has 0 saturated carbocycles. The van der Waals surface area contributed by atoms with Crippen molar-refractivity contribution in [2.45, 2.75) is 19.4 Å². The summed E-state index contributed by atoms with van der Waals surface area (Å²) in [4.78, 5) is 13.9. The van der Waals surface area contributed by atoms with Gasteiger partial charge in [0.05, 0.1) is 30.5 Å². The molecule has 6 heteroatoms. The third-order valence-electron chi connectivity index (χ3n) is 3.28. The molecule has 1 aromatic rings. The van der Waals surface area contributed by atoms with Crippen LogP contribution in [0.25, 0.3) is 0 Å². The van der Waals surface area contributed by atoms with Gasteiger partial charge >= 0.3 is 0 Å². The molecule has 1 amide bonds. The van der Waals surface area contributed by atoms with Crippen molar-refractivity contribution in [1.82, 2.24) is 4.90 Å². The second-order valence-electron chi connectivity index (χ2n) is 4.49. The van der Waals surface area contributed by atoms with Crippen molar-refractivity contribution < 1.29 is 18.3 Å². The molecule has 1 aliphatic heterocycles.